The molecule has 2 heterocycles. The first-order chi connectivity index (χ1) is 15.5. The van der Waals surface area contributed by atoms with E-state index in [9.17, 15) is 9.59 Å². The van der Waals surface area contributed by atoms with Crippen molar-refractivity contribution in [2.75, 3.05) is 10.7 Å². The standard InChI is InChI=1S/C26H23ClN2O2S/c1-17-14-21-4-2-3-5-23(21)29(17)25(31)19-8-10-20(11-9-19)26-28(24(30)16-32-26)15-18-6-12-22(27)13-7-18/h2-13,17,26H,14-16H2,1H3/t17-,26-/m1/s1. The Balaban J connectivity index is 1.35. The second-order valence-electron chi connectivity index (χ2n) is 8.29. The Hall–Kier alpha value is -2.76. The summed E-state index contributed by atoms with van der Waals surface area (Å²) in [5.41, 5.74) is 4.95. The summed E-state index contributed by atoms with van der Waals surface area (Å²) in [5, 5.41) is 0.622. The molecule has 1 fully saturated rings. The molecule has 5 rings (SSSR count). The molecule has 0 unspecified atom stereocenters. The van der Waals surface area contributed by atoms with Crippen LogP contribution in [-0.2, 0) is 17.8 Å². The lowest BCUT2D eigenvalue weighted by molar-refractivity contribution is -0.128. The molecule has 162 valence electrons. The number of nitrogens with zero attached hydrogens (tertiary/aromatic N) is 2. The highest BCUT2D eigenvalue weighted by atomic mass is 35.5. The average Bonchev–Trinajstić information content (AvgIpc) is 3.34. The third-order valence-corrected chi connectivity index (χ3v) is 7.61. The predicted molar refractivity (Wildman–Crippen MR) is 130 cm³/mol. The molecule has 0 spiro atoms. The molecular weight excluding hydrogens is 440 g/mol. The van der Waals surface area contributed by atoms with E-state index in [4.69, 9.17) is 11.6 Å². The van der Waals surface area contributed by atoms with Crippen molar-refractivity contribution >= 4 is 40.9 Å². The van der Waals surface area contributed by atoms with Crippen molar-refractivity contribution in [3.8, 4) is 0 Å². The van der Waals surface area contributed by atoms with Crippen LogP contribution in [-0.4, -0.2) is 28.5 Å². The summed E-state index contributed by atoms with van der Waals surface area (Å²) in [7, 11) is 0. The van der Waals surface area contributed by atoms with Crippen molar-refractivity contribution in [3.63, 3.8) is 0 Å². The molecule has 0 aromatic heterocycles. The zero-order chi connectivity index (χ0) is 22.2. The zero-order valence-corrected chi connectivity index (χ0v) is 19.3. The van der Waals surface area contributed by atoms with Crippen molar-refractivity contribution in [1.82, 2.24) is 4.90 Å². The minimum absolute atomic E-state index is 0.0159. The van der Waals surface area contributed by atoms with Crippen molar-refractivity contribution in [2.24, 2.45) is 0 Å². The van der Waals surface area contributed by atoms with Gasteiger partial charge >= 0.3 is 0 Å². The fourth-order valence-electron chi connectivity index (χ4n) is 4.49. The molecule has 2 amide bonds. The number of hydrogen-bond donors (Lipinski definition) is 0. The van der Waals surface area contributed by atoms with Crippen molar-refractivity contribution in [1.29, 1.82) is 0 Å². The number of carbonyl (C=O) groups is 2. The Morgan fingerprint density at radius 3 is 2.50 bits per heavy atom. The molecule has 4 nitrogen and oxygen atoms in total. The van der Waals surface area contributed by atoms with E-state index in [0.29, 0.717) is 22.9 Å². The van der Waals surface area contributed by atoms with Crippen LogP contribution in [0.1, 0.15) is 39.3 Å². The number of rotatable bonds is 4. The average molecular weight is 463 g/mol. The number of hydrogen-bond acceptors (Lipinski definition) is 3. The van der Waals surface area contributed by atoms with E-state index in [1.54, 1.807) is 11.8 Å². The quantitative estimate of drug-likeness (QED) is 0.499. The third kappa shape index (κ3) is 3.91. The number of halogens is 1. The molecule has 3 aromatic carbocycles. The largest absolute Gasteiger partial charge is 0.322 e. The van der Waals surface area contributed by atoms with Crippen LogP contribution in [0, 0.1) is 0 Å². The minimum atomic E-state index is -0.0613. The molecule has 0 aliphatic carbocycles. The van der Waals surface area contributed by atoms with Crippen LogP contribution in [0.15, 0.2) is 72.8 Å². The monoisotopic (exact) mass is 462 g/mol. The highest BCUT2D eigenvalue weighted by Gasteiger charge is 2.34. The molecule has 0 saturated carbocycles. The van der Waals surface area contributed by atoms with Gasteiger partial charge in [-0.2, -0.15) is 0 Å². The fourth-order valence-corrected chi connectivity index (χ4v) is 5.81. The first kappa shape index (κ1) is 21.1. The highest BCUT2D eigenvalue weighted by molar-refractivity contribution is 8.00. The van der Waals surface area contributed by atoms with Gasteiger partial charge in [-0.15, -0.1) is 11.8 Å². The van der Waals surface area contributed by atoms with E-state index in [-0.39, 0.29) is 23.2 Å². The van der Waals surface area contributed by atoms with Gasteiger partial charge in [0.15, 0.2) is 0 Å². The van der Waals surface area contributed by atoms with Gasteiger partial charge < -0.3 is 9.80 Å². The van der Waals surface area contributed by atoms with E-state index in [2.05, 4.69) is 13.0 Å². The topological polar surface area (TPSA) is 40.6 Å². The van der Waals surface area contributed by atoms with Gasteiger partial charge in [0.05, 0.1) is 5.75 Å². The van der Waals surface area contributed by atoms with Gasteiger partial charge in [-0.05, 0) is 60.4 Å². The number of anilines is 1. The van der Waals surface area contributed by atoms with E-state index < -0.39 is 0 Å². The van der Waals surface area contributed by atoms with Gasteiger partial charge in [-0.3, -0.25) is 9.59 Å². The van der Waals surface area contributed by atoms with Crippen LogP contribution >= 0.6 is 23.4 Å². The van der Waals surface area contributed by atoms with Gasteiger partial charge in [0.1, 0.15) is 5.37 Å². The summed E-state index contributed by atoms with van der Waals surface area (Å²) in [5.74, 6) is 0.598. The number of benzene rings is 3. The van der Waals surface area contributed by atoms with Gasteiger partial charge in [0, 0.05) is 28.9 Å². The van der Waals surface area contributed by atoms with Crippen LogP contribution in [0.2, 0.25) is 5.02 Å². The summed E-state index contributed by atoms with van der Waals surface area (Å²) in [6.07, 6.45) is 0.875. The van der Waals surface area contributed by atoms with Crippen molar-refractivity contribution in [3.05, 3.63) is 100 Å². The van der Waals surface area contributed by atoms with Crippen LogP contribution < -0.4 is 4.90 Å². The van der Waals surface area contributed by atoms with E-state index in [1.807, 2.05) is 76.5 Å². The maximum atomic E-state index is 13.3. The molecule has 2 atom stereocenters. The Morgan fingerprint density at radius 1 is 1.03 bits per heavy atom. The second kappa shape index (κ2) is 8.64. The molecular formula is C26H23ClN2O2S. The van der Waals surface area contributed by atoms with Gasteiger partial charge in [0.2, 0.25) is 5.91 Å². The molecule has 2 aliphatic heterocycles. The maximum absolute atomic E-state index is 13.3. The second-order valence-corrected chi connectivity index (χ2v) is 9.80. The summed E-state index contributed by atoms with van der Waals surface area (Å²) < 4.78 is 0. The van der Waals surface area contributed by atoms with E-state index >= 15 is 0 Å². The highest BCUT2D eigenvalue weighted by Crippen LogP contribution is 2.40. The lowest BCUT2D eigenvalue weighted by Gasteiger charge is -2.25. The number of thioether (sulfide) groups is 1. The Labute approximate surface area is 197 Å². The molecule has 0 bridgehead atoms. The maximum Gasteiger partial charge on any atom is 0.258 e. The van der Waals surface area contributed by atoms with Crippen LogP contribution in [0.25, 0.3) is 0 Å². The SMILES string of the molecule is C[C@@H]1Cc2ccccc2N1C(=O)c1ccc([C@H]2SCC(=O)N2Cc2ccc(Cl)cc2)cc1. The summed E-state index contributed by atoms with van der Waals surface area (Å²) in [6.45, 7) is 2.62. The fraction of sp³-hybridized carbons (Fsp3) is 0.231. The van der Waals surface area contributed by atoms with Crippen LogP contribution in [0.5, 0.6) is 0 Å². The molecule has 0 N–H and O–H groups in total. The first-order valence-corrected chi connectivity index (χ1v) is 12.1. The minimum Gasteiger partial charge on any atom is -0.322 e. The summed E-state index contributed by atoms with van der Waals surface area (Å²) in [6, 6.07) is 23.5. The van der Waals surface area contributed by atoms with E-state index in [0.717, 1.165) is 23.2 Å². The molecule has 1 saturated heterocycles. The van der Waals surface area contributed by atoms with Crippen LogP contribution in [0.4, 0.5) is 5.69 Å². The van der Waals surface area contributed by atoms with Crippen molar-refractivity contribution in [2.45, 2.75) is 31.3 Å². The lowest BCUT2D eigenvalue weighted by Crippen LogP contribution is -2.35. The van der Waals surface area contributed by atoms with Gasteiger partial charge in [0.25, 0.3) is 5.91 Å². The number of para-hydroxylation sites is 1. The Morgan fingerprint density at radius 2 is 1.75 bits per heavy atom. The Bertz CT molecular complexity index is 1160. The smallest absolute Gasteiger partial charge is 0.258 e. The normalized spacial score (nSPS) is 20.0. The number of fused-ring (bicyclic) bond motifs is 1. The summed E-state index contributed by atoms with van der Waals surface area (Å²) in [4.78, 5) is 29.6. The summed E-state index contributed by atoms with van der Waals surface area (Å²) >= 11 is 7.61. The zero-order valence-electron chi connectivity index (χ0n) is 17.7. The lowest BCUT2D eigenvalue weighted by atomic mass is 10.1. The van der Waals surface area contributed by atoms with E-state index in [1.165, 1.54) is 5.56 Å². The molecule has 2 aliphatic rings. The van der Waals surface area contributed by atoms with Gasteiger partial charge in [-0.25, -0.2) is 0 Å². The first-order valence-electron chi connectivity index (χ1n) is 10.7. The molecule has 6 heteroatoms. The number of carbonyl (C=O) groups excluding carboxylic acids is 2. The molecule has 32 heavy (non-hydrogen) atoms. The molecule has 3 aromatic rings. The third-order valence-electron chi connectivity index (χ3n) is 6.10. The molecule has 0 radical (unpaired) electrons. The van der Waals surface area contributed by atoms with Crippen molar-refractivity contribution < 1.29 is 9.59 Å². The predicted octanol–water partition coefficient (Wildman–Crippen LogP) is 5.71. The van der Waals surface area contributed by atoms with Crippen LogP contribution in [0.3, 0.4) is 0 Å². The van der Waals surface area contributed by atoms with Gasteiger partial charge in [-0.1, -0.05) is 54.1 Å². The Kier molecular flexibility index (Phi) is 5.70. The number of amides is 2.